The number of ether oxygens (including phenoxy) is 1. The normalized spacial score (nSPS) is 27.6. The first kappa shape index (κ1) is 14.0. The van der Waals surface area contributed by atoms with Crippen LogP contribution in [0.3, 0.4) is 0 Å². The van der Waals surface area contributed by atoms with E-state index >= 15 is 0 Å². The fourth-order valence-electron chi connectivity index (χ4n) is 3.00. The molecular weight excluding hydrogens is 274 g/mol. The van der Waals surface area contributed by atoms with Gasteiger partial charge in [-0.3, -0.25) is 9.69 Å². The molecule has 2 atom stereocenters. The molecule has 2 aliphatic heterocycles. The Morgan fingerprint density at radius 2 is 2.20 bits per heavy atom. The number of amides is 1. The molecule has 2 aliphatic rings. The van der Waals surface area contributed by atoms with E-state index < -0.39 is 0 Å². The van der Waals surface area contributed by atoms with Gasteiger partial charge in [0.05, 0.1) is 30.3 Å². The van der Waals surface area contributed by atoms with Gasteiger partial charge in [0.25, 0.3) is 5.91 Å². The van der Waals surface area contributed by atoms with Crippen LogP contribution in [0.4, 0.5) is 0 Å². The second-order valence-corrected chi connectivity index (χ2v) is 6.60. The smallest absolute Gasteiger partial charge is 0.271 e. The summed E-state index contributed by atoms with van der Waals surface area (Å²) in [5.41, 5.74) is 0.525. The predicted molar refractivity (Wildman–Crippen MR) is 78.1 cm³/mol. The molecule has 0 unspecified atom stereocenters. The summed E-state index contributed by atoms with van der Waals surface area (Å²) in [5.74, 6) is -0.0770. The number of nitrogens with one attached hydrogen (secondary N) is 1. The Kier molecular flexibility index (Phi) is 4.33. The Morgan fingerprint density at radius 1 is 1.40 bits per heavy atom. The molecule has 0 aromatic carbocycles. The number of carbonyl (C=O) groups is 1. The maximum absolute atomic E-state index is 12.2. The van der Waals surface area contributed by atoms with Crippen molar-refractivity contribution >= 4 is 17.2 Å². The Morgan fingerprint density at radius 3 is 2.90 bits per heavy atom. The standard InChI is InChI=1S/C14H21N3O2S/c1-10-15-12(9-20-10)14(18)16-11-7-19-8-13(11)17-5-3-2-4-6-17/h9,11,13H,2-8H2,1H3,(H,16,18)/t11-,13-/m0/s1. The van der Waals surface area contributed by atoms with E-state index in [1.807, 2.05) is 12.3 Å². The third kappa shape index (κ3) is 3.02. The number of hydrogen-bond acceptors (Lipinski definition) is 5. The highest BCUT2D eigenvalue weighted by Crippen LogP contribution is 2.19. The summed E-state index contributed by atoms with van der Waals surface area (Å²) in [4.78, 5) is 18.9. The number of rotatable bonds is 3. The molecular formula is C14H21N3O2S. The van der Waals surface area contributed by atoms with Crippen LogP contribution >= 0.6 is 11.3 Å². The van der Waals surface area contributed by atoms with E-state index in [9.17, 15) is 4.79 Å². The lowest BCUT2D eigenvalue weighted by molar-refractivity contribution is 0.0895. The number of thiazole rings is 1. The van der Waals surface area contributed by atoms with Gasteiger partial charge >= 0.3 is 0 Å². The number of piperidine rings is 1. The number of aryl methyl sites for hydroxylation is 1. The molecule has 0 aliphatic carbocycles. The summed E-state index contributed by atoms with van der Waals surface area (Å²) in [5, 5.41) is 5.83. The lowest BCUT2D eigenvalue weighted by Crippen LogP contribution is -2.52. The summed E-state index contributed by atoms with van der Waals surface area (Å²) < 4.78 is 5.59. The molecule has 2 saturated heterocycles. The van der Waals surface area contributed by atoms with E-state index in [1.165, 1.54) is 30.6 Å². The third-order valence-electron chi connectivity index (χ3n) is 4.08. The Hall–Kier alpha value is -0.980. The maximum Gasteiger partial charge on any atom is 0.271 e. The van der Waals surface area contributed by atoms with E-state index in [0.29, 0.717) is 18.3 Å². The van der Waals surface area contributed by atoms with E-state index in [2.05, 4.69) is 15.2 Å². The van der Waals surface area contributed by atoms with Crippen molar-refractivity contribution in [3.63, 3.8) is 0 Å². The van der Waals surface area contributed by atoms with Gasteiger partial charge in [0.2, 0.25) is 0 Å². The average Bonchev–Trinajstić information content (AvgIpc) is 3.09. The molecule has 0 bridgehead atoms. The first-order valence-corrected chi connectivity index (χ1v) is 8.17. The van der Waals surface area contributed by atoms with Crippen LogP contribution in [0.5, 0.6) is 0 Å². The highest BCUT2D eigenvalue weighted by molar-refractivity contribution is 7.09. The van der Waals surface area contributed by atoms with Crippen LogP contribution < -0.4 is 5.32 Å². The lowest BCUT2D eigenvalue weighted by atomic mass is 10.0. The predicted octanol–water partition coefficient (Wildman–Crippen LogP) is 1.43. The van der Waals surface area contributed by atoms with Gasteiger partial charge in [0.1, 0.15) is 5.69 Å². The van der Waals surface area contributed by atoms with Crippen molar-refractivity contribution in [1.29, 1.82) is 0 Å². The molecule has 0 saturated carbocycles. The molecule has 0 radical (unpaired) electrons. The SMILES string of the molecule is Cc1nc(C(=O)N[C@H]2COC[C@@H]2N2CCCCC2)cs1. The summed E-state index contributed by atoms with van der Waals surface area (Å²) in [6, 6.07) is 0.404. The van der Waals surface area contributed by atoms with Crippen molar-refractivity contribution in [3.8, 4) is 0 Å². The Labute approximate surface area is 123 Å². The summed E-state index contributed by atoms with van der Waals surface area (Å²) in [6.45, 7) is 5.49. The first-order valence-electron chi connectivity index (χ1n) is 7.29. The van der Waals surface area contributed by atoms with Crippen molar-refractivity contribution in [2.24, 2.45) is 0 Å². The molecule has 3 rings (SSSR count). The van der Waals surface area contributed by atoms with Crippen molar-refractivity contribution in [2.45, 2.75) is 38.3 Å². The zero-order chi connectivity index (χ0) is 13.9. The highest BCUT2D eigenvalue weighted by atomic mass is 32.1. The molecule has 1 aromatic rings. The van der Waals surface area contributed by atoms with E-state index in [4.69, 9.17) is 4.74 Å². The number of aromatic nitrogens is 1. The lowest BCUT2D eigenvalue weighted by Gasteiger charge is -2.34. The van der Waals surface area contributed by atoms with Crippen LogP contribution in [0.2, 0.25) is 0 Å². The minimum Gasteiger partial charge on any atom is -0.378 e. The van der Waals surface area contributed by atoms with Gasteiger partial charge in [-0.05, 0) is 32.9 Å². The maximum atomic E-state index is 12.2. The highest BCUT2D eigenvalue weighted by Gasteiger charge is 2.34. The van der Waals surface area contributed by atoms with Crippen molar-refractivity contribution in [1.82, 2.24) is 15.2 Å². The Balaban J connectivity index is 1.62. The van der Waals surface area contributed by atoms with Gasteiger partial charge < -0.3 is 10.1 Å². The molecule has 110 valence electrons. The van der Waals surface area contributed by atoms with Gasteiger partial charge in [-0.1, -0.05) is 6.42 Å². The molecule has 1 aromatic heterocycles. The summed E-state index contributed by atoms with van der Waals surface area (Å²) in [7, 11) is 0. The summed E-state index contributed by atoms with van der Waals surface area (Å²) in [6.07, 6.45) is 3.82. The zero-order valence-corrected chi connectivity index (χ0v) is 12.6. The van der Waals surface area contributed by atoms with Crippen molar-refractivity contribution in [3.05, 3.63) is 16.1 Å². The third-order valence-corrected chi connectivity index (χ3v) is 4.85. The number of hydrogen-bond donors (Lipinski definition) is 1. The topological polar surface area (TPSA) is 54.5 Å². The van der Waals surface area contributed by atoms with Gasteiger partial charge in [0, 0.05) is 5.38 Å². The van der Waals surface area contributed by atoms with E-state index in [1.54, 1.807) is 0 Å². The van der Waals surface area contributed by atoms with Crippen LogP contribution in [0, 0.1) is 6.92 Å². The molecule has 3 heterocycles. The fraction of sp³-hybridized carbons (Fsp3) is 0.714. The summed E-state index contributed by atoms with van der Waals surface area (Å²) >= 11 is 1.51. The van der Waals surface area contributed by atoms with Crippen LogP contribution in [0.25, 0.3) is 0 Å². The fourth-order valence-corrected chi connectivity index (χ4v) is 3.59. The number of nitrogens with zero attached hydrogens (tertiary/aromatic N) is 2. The van der Waals surface area contributed by atoms with E-state index in [0.717, 1.165) is 24.7 Å². The van der Waals surface area contributed by atoms with Crippen LogP contribution in [-0.2, 0) is 4.74 Å². The minimum absolute atomic E-state index is 0.0770. The van der Waals surface area contributed by atoms with Crippen LogP contribution in [0.1, 0.15) is 34.8 Å². The molecule has 0 spiro atoms. The quantitative estimate of drug-likeness (QED) is 0.916. The molecule has 1 N–H and O–H groups in total. The second-order valence-electron chi connectivity index (χ2n) is 5.53. The minimum atomic E-state index is -0.0770. The number of carbonyl (C=O) groups excluding carboxylic acids is 1. The van der Waals surface area contributed by atoms with Crippen LogP contribution in [0.15, 0.2) is 5.38 Å². The second kappa shape index (κ2) is 6.20. The molecule has 5 nitrogen and oxygen atoms in total. The van der Waals surface area contributed by atoms with Crippen LogP contribution in [-0.4, -0.2) is 54.2 Å². The zero-order valence-electron chi connectivity index (χ0n) is 11.8. The van der Waals surface area contributed by atoms with Crippen molar-refractivity contribution < 1.29 is 9.53 Å². The number of likely N-dealkylation sites (tertiary alicyclic amines) is 1. The average molecular weight is 295 g/mol. The largest absolute Gasteiger partial charge is 0.378 e. The van der Waals surface area contributed by atoms with Gasteiger partial charge in [-0.15, -0.1) is 11.3 Å². The van der Waals surface area contributed by atoms with E-state index in [-0.39, 0.29) is 11.9 Å². The van der Waals surface area contributed by atoms with Gasteiger partial charge in [0.15, 0.2) is 0 Å². The molecule has 20 heavy (non-hydrogen) atoms. The van der Waals surface area contributed by atoms with Gasteiger partial charge in [-0.2, -0.15) is 0 Å². The van der Waals surface area contributed by atoms with Gasteiger partial charge in [-0.25, -0.2) is 4.98 Å². The molecule has 2 fully saturated rings. The molecule has 6 heteroatoms. The monoisotopic (exact) mass is 295 g/mol. The first-order chi connectivity index (χ1) is 9.74. The Bertz CT molecular complexity index is 471. The molecule has 1 amide bonds. The van der Waals surface area contributed by atoms with Crippen molar-refractivity contribution in [2.75, 3.05) is 26.3 Å².